The SMILES string of the molecule is O=C(Cc1cccc(C(F)(F)F)c1)Nc1ccccc1C(=O)NC1CCCC1. The molecule has 0 spiro atoms. The zero-order chi connectivity index (χ0) is 20.1. The largest absolute Gasteiger partial charge is 0.416 e. The molecule has 0 saturated heterocycles. The van der Waals surface area contributed by atoms with Gasteiger partial charge in [0.15, 0.2) is 0 Å². The number of nitrogens with one attached hydrogen (secondary N) is 2. The quantitative estimate of drug-likeness (QED) is 0.786. The van der Waals surface area contributed by atoms with Crippen molar-refractivity contribution < 1.29 is 22.8 Å². The summed E-state index contributed by atoms with van der Waals surface area (Å²) in [7, 11) is 0. The van der Waals surface area contributed by atoms with Crippen LogP contribution in [0, 0.1) is 0 Å². The minimum Gasteiger partial charge on any atom is -0.349 e. The number of rotatable bonds is 5. The van der Waals surface area contributed by atoms with Gasteiger partial charge in [0.1, 0.15) is 0 Å². The average molecular weight is 390 g/mol. The van der Waals surface area contributed by atoms with Gasteiger partial charge in [-0.3, -0.25) is 9.59 Å². The van der Waals surface area contributed by atoms with Gasteiger partial charge in [-0.2, -0.15) is 13.2 Å². The van der Waals surface area contributed by atoms with Crippen molar-refractivity contribution in [3.63, 3.8) is 0 Å². The standard InChI is InChI=1S/C21H21F3N2O2/c22-21(23,24)15-7-5-6-14(12-15)13-19(27)26-18-11-4-3-10-17(18)20(28)25-16-8-1-2-9-16/h3-7,10-12,16H,1-2,8-9,13H2,(H,25,28)(H,26,27). The van der Waals surface area contributed by atoms with Crippen LogP contribution >= 0.6 is 0 Å². The fraction of sp³-hybridized carbons (Fsp3) is 0.333. The highest BCUT2D eigenvalue weighted by Gasteiger charge is 2.30. The van der Waals surface area contributed by atoms with Gasteiger partial charge in [0, 0.05) is 6.04 Å². The molecule has 0 aliphatic heterocycles. The van der Waals surface area contributed by atoms with Crippen LogP contribution in [0.4, 0.5) is 18.9 Å². The molecule has 0 radical (unpaired) electrons. The zero-order valence-electron chi connectivity index (χ0n) is 15.2. The number of benzene rings is 2. The van der Waals surface area contributed by atoms with Crippen molar-refractivity contribution in [2.24, 2.45) is 0 Å². The van der Waals surface area contributed by atoms with Gasteiger partial charge in [-0.1, -0.05) is 43.2 Å². The first-order valence-electron chi connectivity index (χ1n) is 9.19. The van der Waals surface area contributed by atoms with E-state index in [0.29, 0.717) is 11.3 Å². The molecule has 0 heterocycles. The Hall–Kier alpha value is -2.83. The molecule has 2 N–H and O–H groups in total. The summed E-state index contributed by atoms with van der Waals surface area (Å²) in [6.45, 7) is 0. The van der Waals surface area contributed by atoms with E-state index in [4.69, 9.17) is 0 Å². The van der Waals surface area contributed by atoms with Crippen molar-refractivity contribution in [2.75, 3.05) is 5.32 Å². The minimum atomic E-state index is -4.46. The van der Waals surface area contributed by atoms with Crippen LogP contribution < -0.4 is 10.6 Å². The molecule has 0 bridgehead atoms. The maximum absolute atomic E-state index is 12.8. The number of carbonyl (C=O) groups excluding carboxylic acids is 2. The van der Waals surface area contributed by atoms with Crippen molar-refractivity contribution in [3.8, 4) is 0 Å². The summed E-state index contributed by atoms with van der Waals surface area (Å²) in [5.41, 5.74) is 0.135. The second-order valence-corrected chi connectivity index (χ2v) is 6.92. The van der Waals surface area contributed by atoms with E-state index in [1.165, 1.54) is 12.1 Å². The normalized spacial score (nSPS) is 14.7. The summed E-state index contributed by atoms with van der Waals surface area (Å²) in [5, 5.41) is 5.61. The molecule has 7 heteroatoms. The monoisotopic (exact) mass is 390 g/mol. The summed E-state index contributed by atoms with van der Waals surface area (Å²) in [4.78, 5) is 24.9. The average Bonchev–Trinajstić information content (AvgIpc) is 3.14. The molecule has 0 atom stereocenters. The van der Waals surface area contributed by atoms with Crippen LogP contribution in [0.3, 0.4) is 0 Å². The van der Waals surface area contributed by atoms with Crippen molar-refractivity contribution in [1.82, 2.24) is 5.32 Å². The molecule has 28 heavy (non-hydrogen) atoms. The summed E-state index contributed by atoms with van der Waals surface area (Å²) in [5.74, 6) is -0.748. The Kier molecular flexibility index (Phi) is 6.02. The van der Waals surface area contributed by atoms with Crippen LogP contribution in [0.25, 0.3) is 0 Å². The van der Waals surface area contributed by atoms with Crippen molar-refractivity contribution in [3.05, 3.63) is 65.2 Å². The predicted octanol–water partition coefficient (Wildman–Crippen LogP) is 4.56. The number of halogens is 3. The van der Waals surface area contributed by atoms with Crippen molar-refractivity contribution in [1.29, 1.82) is 0 Å². The molecular formula is C21H21F3N2O2. The maximum Gasteiger partial charge on any atom is 0.416 e. The smallest absolute Gasteiger partial charge is 0.349 e. The Morgan fingerprint density at radius 1 is 1.00 bits per heavy atom. The lowest BCUT2D eigenvalue weighted by atomic mass is 10.1. The number of hydrogen-bond donors (Lipinski definition) is 2. The number of alkyl halides is 3. The van der Waals surface area contributed by atoms with E-state index in [0.717, 1.165) is 37.8 Å². The highest BCUT2D eigenvalue weighted by molar-refractivity contribution is 6.04. The van der Waals surface area contributed by atoms with E-state index >= 15 is 0 Å². The second kappa shape index (κ2) is 8.46. The molecular weight excluding hydrogens is 369 g/mol. The predicted molar refractivity (Wildman–Crippen MR) is 99.9 cm³/mol. The number of anilines is 1. The second-order valence-electron chi connectivity index (χ2n) is 6.92. The topological polar surface area (TPSA) is 58.2 Å². The third-order valence-electron chi connectivity index (χ3n) is 4.76. The van der Waals surface area contributed by atoms with Crippen LogP contribution in [0.1, 0.15) is 47.2 Å². The summed E-state index contributed by atoms with van der Waals surface area (Å²) >= 11 is 0. The number of carbonyl (C=O) groups is 2. The van der Waals surface area contributed by atoms with E-state index in [1.807, 2.05) is 0 Å². The highest BCUT2D eigenvalue weighted by atomic mass is 19.4. The molecule has 2 aromatic carbocycles. The molecule has 0 unspecified atom stereocenters. The van der Waals surface area contributed by atoms with Crippen LogP contribution in [-0.4, -0.2) is 17.9 Å². The van der Waals surface area contributed by atoms with Gasteiger partial charge in [0.05, 0.1) is 23.2 Å². The van der Waals surface area contributed by atoms with Crippen LogP contribution in [-0.2, 0) is 17.4 Å². The van der Waals surface area contributed by atoms with Gasteiger partial charge in [0.2, 0.25) is 5.91 Å². The van der Waals surface area contributed by atoms with Crippen molar-refractivity contribution >= 4 is 17.5 Å². The molecule has 4 nitrogen and oxygen atoms in total. The molecule has 3 rings (SSSR count). The lowest BCUT2D eigenvalue weighted by molar-refractivity contribution is -0.137. The first-order valence-corrected chi connectivity index (χ1v) is 9.19. The van der Waals surface area contributed by atoms with Gasteiger partial charge in [-0.25, -0.2) is 0 Å². The number of para-hydroxylation sites is 1. The molecule has 2 aromatic rings. The maximum atomic E-state index is 12.8. The lowest BCUT2D eigenvalue weighted by Crippen LogP contribution is -2.33. The number of amides is 2. The van der Waals surface area contributed by atoms with E-state index in [-0.39, 0.29) is 23.9 Å². The molecule has 1 aliphatic rings. The number of hydrogen-bond acceptors (Lipinski definition) is 2. The Bertz CT molecular complexity index is 859. The van der Waals surface area contributed by atoms with Crippen LogP contribution in [0.5, 0.6) is 0 Å². The summed E-state index contributed by atoms with van der Waals surface area (Å²) < 4.78 is 38.4. The lowest BCUT2D eigenvalue weighted by Gasteiger charge is -2.15. The minimum absolute atomic E-state index is 0.140. The Balaban J connectivity index is 1.68. The Labute approximate surface area is 161 Å². The van der Waals surface area contributed by atoms with Gasteiger partial charge >= 0.3 is 6.18 Å². The Morgan fingerprint density at radius 3 is 2.43 bits per heavy atom. The van der Waals surface area contributed by atoms with Gasteiger partial charge < -0.3 is 10.6 Å². The first-order chi connectivity index (χ1) is 13.3. The molecule has 1 saturated carbocycles. The molecule has 1 aliphatic carbocycles. The van der Waals surface area contributed by atoms with E-state index in [1.54, 1.807) is 24.3 Å². The van der Waals surface area contributed by atoms with Gasteiger partial charge in [-0.15, -0.1) is 0 Å². The molecule has 0 aromatic heterocycles. The van der Waals surface area contributed by atoms with E-state index in [9.17, 15) is 22.8 Å². The first kappa shape index (κ1) is 19.9. The van der Waals surface area contributed by atoms with Crippen LogP contribution in [0.15, 0.2) is 48.5 Å². The van der Waals surface area contributed by atoms with Crippen LogP contribution in [0.2, 0.25) is 0 Å². The Morgan fingerprint density at radius 2 is 1.71 bits per heavy atom. The van der Waals surface area contributed by atoms with E-state index < -0.39 is 17.6 Å². The zero-order valence-corrected chi connectivity index (χ0v) is 15.2. The fourth-order valence-corrected chi connectivity index (χ4v) is 3.36. The third kappa shape index (κ3) is 5.12. The van der Waals surface area contributed by atoms with Crippen molar-refractivity contribution in [2.45, 2.75) is 44.3 Å². The third-order valence-corrected chi connectivity index (χ3v) is 4.76. The molecule has 1 fully saturated rings. The summed E-state index contributed by atoms with van der Waals surface area (Å²) in [6.07, 6.45) is -0.633. The molecule has 148 valence electrons. The highest BCUT2D eigenvalue weighted by Crippen LogP contribution is 2.29. The molecule has 2 amide bonds. The van der Waals surface area contributed by atoms with Gasteiger partial charge in [0.25, 0.3) is 5.91 Å². The van der Waals surface area contributed by atoms with Gasteiger partial charge in [-0.05, 0) is 36.6 Å². The van der Waals surface area contributed by atoms with E-state index in [2.05, 4.69) is 10.6 Å². The fourth-order valence-electron chi connectivity index (χ4n) is 3.36. The summed E-state index contributed by atoms with van der Waals surface area (Å²) in [6, 6.07) is 11.4.